The van der Waals surface area contributed by atoms with Gasteiger partial charge in [-0.3, -0.25) is 4.79 Å². The second-order valence-corrected chi connectivity index (χ2v) is 3.74. The summed E-state index contributed by atoms with van der Waals surface area (Å²) in [6.45, 7) is 0. The number of carbonyl (C=O) groups is 1. The molecule has 0 saturated heterocycles. The Balaban J connectivity index is 2.19. The van der Waals surface area contributed by atoms with Crippen LogP contribution in [-0.2, 0) is 0 Å². The van der Waals surface area contributed by atoms with E-state index in [-0.39, 0.29) is 17.0 Å². The first kappa shape index (κ1) is 11.9. The number of benzene rings is 2. The average molecular weight is 246 g/mol. The van der Waals surface area contributed by atoms with Crippen molar-refractivity contribution in [2.24, 2.45) is 0 Å². The van der Waals surface area contributed by atoms with Crippen LogP contribution in [0.4, 0.5) is 15.8 Å². The summed E-state index contributed by atoms with van der Waals surface area (Å²) in [4.78, 5) is 11.8. The van der Waals surface area contributed by atoms with Gasteiger partial charge in [-0.2, -0.15) is 0 Å². The number of nitrogens with two attached hydrogens (primary N) is 1. The molecule has 4 nitrogen and oxygen atoms in total. The van der Waals surface area contributed by atoms with Crippen LogP contribution in [0, 0.1) is 5.82 Å². The van der Waals surface area contributed by atoms with E-state index in [1.54, 1.807) is 12.1 Å². The third-order valence-electron chi connectivity index (χ3n) is 2.36. The Kier molecular flexibility index (Phi) is 3.14. The number of aromatic hydroxyl groups is 1. The van der Waals surface area contributed by atoms with Gasteiger partial charge in [0.05, 0.1) is 5.69 Å². The zero-order valence-corrected chi connectivity index (χ0v) is 9.35. The fraction of sp³-hybridized carbons (Fsp3) is 0. The molecule has 0 unspecified atom stereocenters. The Morgan fingerprint density at radius 1 is 1.22 bits per heavy atom. The molecule has 18 heavy (non-hydrogen) atoms. The fourth-order valence-corrected chi connectivity index (χ4v) is 1.47. The van der Waals surface area contributed by atoms with Crippen molar-refractivity contribution in [2.75, 3.05) is 11.1 Å². The first-order valence-corrected chi connectivity index (χ1v) is 5.21. The second kappa shape index (κ2) is 4.75. The van der Waals surface area contributed by atoms with Gasteiger partial charge < -0.3 is 16.2 Å². The van der Waals surface area contributed by atoms with Crippen molar-refractivity contribution in [1.29, 1.82) is 0 Å². The molecule has 0 atom stereocenters. The van der Waals surface area contributed by atoms with Crippen LogP contribution >= 0.6 is 0 Å². The van der Waals surface area contributed by atoms with Crippen LogP contribution in [0.5, 0.6) is 5.75 Å². The number of nitrogens with one attached hydrogen (secondary N) is 1. The smallest absolute Gasteiger partial charge is 0.255 e. The van der Waals surface area contributed by atoms with Gasteiger partial charge in [0.25, 0.3) is 5.91 Å². The van der Waals surface area contributed by atoms with Crippen LogP contribution in [0.2, 0.25) is 0 Å². The normalized spacial score (nSPS) is 10.1. The quantitative estimate of drug-likeness (QED) is 0.712. The first-order chi connectivity index (χ1) is 8.56. The number of halogens is 1. The van der Waals surface area contributed by atoms with Gasteiger partial charge in [0.15, 0.2) is 0 Å². The Bertz CT molecular complexity index is 599. The van der Waals surface area contributed by atoms with Gasteiger partial charge in [-0.1, -0.05) is 6.07 Å². The molecule has 0 radical (unpaired) electrons. The van der Waals surface area contributed by atoms with Gasteiger partial charge in [-0.05, 0) is 30.3 Å². The molecule has 2 aromatic rings. The highest BCUT2D eigenvalue weighted by molar-refractivity contribution is 6.04. The number of nitrogen functional groups attached to an aromatic ring is 1. The minimum absolute atomic E-state index is 0.0476. The standard InChI is InChI=1S/C13H11FN2O2/c14-11-5-4-8(6-12(11)15)13(18)16-9-2-1-3-10(17)7-9/h1-7,17H,15H2,(H,16,18). The maximum atomic E-state index is 13.0. The summed E-state index contributed by atoms with van der Waals surface area (Å²) in [5, 5.41) is 11.8. The number of anilines is 2. The van der Waals surface area contributed by atoms with Crippen molar-refractivity contribution in [1.82, 2.24) is 0 Å². The molecular weight excluding hydrogens is 235 g/mol. The van der Waals surface area contributed by atoms with Gasteiger partial charge in [-0.15, -0.1) is 0 Å². The molecule has 0 spiro atoms. The zero-order chi connectivity index (χ0) is 13.1. The van der Waals surface area contributed by atoms with Gasteiger partial charge >= 0.3 is 0 Å². The van der Waals surface area contributed by atoms with E-state index in [2.05, 4.69) is 5.32 Å². The largest absolute Gasteiger partial charge is 0.508 e. The second-order valence-electron chi connectivity index (χ2n) is 3.74. The van der Waals surface area contributed by atoms with E-state index < -0.39 is 11.7 Å². The molecule has 0 aliphatic carbocycles. The maximum Gasteiger partial charge on any atom is 0.255 e. The summed E-state index contributed by atoms with van der Waals surface area (Å²) in [6.07, 6.45) is 0. The predicted molar refractivity (Wildman–Crippen MR) is 66.9 cm³/mol. The molecule has 0 aliphatic heterocycles. The van der Waals surface area contributed by atoms with Crippen LogP contribution in [0.3, 0.4) is 0 Å². The van der Waals surface area contributed by atoms with Gasteiger partial charge in [0.2, 0.25) is 0 Å². The van der Waals surface area contributed by atoms with Crippen LogP contribution < -0.4 is 11.1 Å². The summed E-state index contributed by atoms with van der Waals surface area (Å²) >= 11 is 0. The van der Waals surface area contributed by atoms with Gasteiger partial charge in [-0.25, -0.2) is 4.39 Å². The average Bonchev–Trinajstić information content (AvgIpc) is 2.32. The van der Waals surface area contributed by atoms with E-state index in [1.165, 1.54) is 24.3 Å². The lowest BCUT2D eigenvalue weighted by Crippen LogP contribution is -2.12. The Hall–Kier alpha value is -2.56. The molecule has 1 amide bonds. The third-order valence-corrected chi connectivity index (χ3v) is 2.36. The molecule has 0 bridgehead atoms. The Morgan fingerprint density at radius 2 is 2.00 bits per heavy atom. The van der Waals surface area contributed by atoms with Crippen molar-refractivity contribution < 1.29 is 14.3 Å². The van der Waals surface area contributed by atoms with E-state index >= 15 is 0 Å². The highest BCUT2D eigenvalue weighted by Crippen LogP contribution is 2.17. The summed E-state index contributed by atoms with van der Waals surface area (Å²) in [5.74, 6) is -0.942. The molecule has 2 rings (SSSR count). The highest BCUT2D eigenvalue weighted by atomic mass is 19.1. The summed E-state index contributed by atoms with van der Waals surface area (Å²) in [6, 6.07) is 9.86. The molecule has 92 valence electrons. The van der Waals surface area contributed by atoms with E-state index in [1.807, 2.05) is 0 Å². The lowest BCUT2D eigenvalue weighted by molar-refractivity contribution is 0.102. The molecule has 0 fully saturated rings. The van der Waals surface area contributed by atoms with Crippen LogP contribution in [0.15, 0.2) is 42.5 Å². The maximum absolute atomic E-state index is 13.0. The predicted octanol–water partition coefficient (Wildman–Crippen LogP) is 2.37. The molecule has 0 aliphatic rings. The lowest BCUT2D eigenvalue weighted by atomic mass is 10.1. The minimum Gasteiger partial charge on any atom is -0.508 e. The van der Waals surface area contributed by atoms with E-state index in [0.717, 1.165) is 6.07 Å². The summed E-state index contributed by atoms with van der Waals surface area (Å²) < 4.78 is 13.0. The Morgan fingerprint density at radius 3 is 2.67 bits per heavy atom. The summed E-state index contributed by atoms with van der Waals surface area (Å²) in [5.41, 5.74) is 5.99. The van der Waals surface area contributed by atoms with Crippen molar-refractivity contribution >= 4 is 17.3 Å². The van der Waals surface area contributed by atoms with Crippen LogP contribution in [0.25, 0.3) is 0 Å². The molecule has 0 aromatic heterocycles. The number of carbonyl (C=O) groups excluding carboxylic acids is 1. The van der Waals surface area contributed by atoms with E-state index in [4.69, 9.17) is 5.73 Å². The third kappa shape index (κ3) is 2.57. The van der Waals surface area contributed by atoms with Gasteiger partial charge in [0.1, 0.15) is 11.6 Å². The number of hydrogen-bond acceptors (Lipinski definition) is 3. The molecule has 0 heterocycles. The molecule has 5 heteroatoms. The molecule has 0 saturated carbocycles. The monoisotopic (exact) mass is 246 g/mol. The number of hydrogen-bond donors (Lipinski definition) is 3. The SMILES string of the molecule is Nc1cc(C(=O)Nc2cccc(O)c2)ccc1F. The fourth-order valence-electron chi connectivity index (χ4n) is 1.47. The number of phenols is 1. The van der Waals surface area contributed by atoms with Crippen molar-refractivity contribution in [3.63, 3.8) is 0 Å². The number of phenolic OH excluding ortho intramolecular Hbond substituents is 1. The van der Waals surface area contributed by atoms with Gasteiger partial charge in [0, 0.05) is 17.3 Å². The zero-order valence-electron chi connectivity index (χ0n) is 9.35. The van der Waals surface area contributed by atoms with Crippen LogP contribution in [0.1, 0.15) is 10.4 Å². The highest BCUT2D eigenvalue weighted by Gasteiger charge is 2.08. The first-order valence-electron chi connectivity index (χ1n) is 5.21. The molecule has 4 N–H and O–H groups in total. The van der Waals surface area contributed by atoms with Crippen LogP contribution in [-0.4, -0.2) is 11.0 Å². The summed E-state index contributed by atoms with van der Waals surface area (Å²) in [7, 11) is 0. The van der Waals surface area contributed by atoms with Crippen molar-refractivity contribution in [3.05, 3.63) is 53.8 Å². The lowest BCUT2D eigenvalue weighted by Gasteiger charge is -2.06. The molecular formula is C13H11FN2O2. The van der Waals surface area contributed by atoms with E-state index in [9.17, 15) is 14.3 Å². The minimum atomic E-state index is -0.566. The number of amides is 1. The molecule has 2 aromatic carbocycles. The van der Waals surface area contributed by atoms with Crippen molar-refractivity contribution in [3.8, 4) is 5.75 Å². The van der Waals surface area contributed by atoms with Crippen molar-refractivity contribution in [2.45, 2.75) is 0 Å². The topological polar surface area (TPSA) is 75.4 Å². The Labute approximate surface area is 103 Å². The van der Waals surface area contributed by atoms with E-state index in [0.29, 0.717) is 5.69 Å². The number of rotatable bonds is 2.